The van der Waals surface area contributed by atoms with Crippen LogP contribution in [-0.2, 0) is 18.8 Å². The zero-order chi connectivity index (χ0) is 27.3. The van der Waals surface area contributed by atoms with Gasteiger partial charge in [-0.15, -0.1) is 24.8 Å². The van der Waals surface area contributed by atoms with Crippen LogP contribution >= 0.6 is 47.1 Å². The molecule has 11 heteroatoms. The van der Waals surface area contributed by atoms with E-state index in [1.807, 2.05) is 47.2 Å². The first-order valence-electron chi connectivity index (χ1n) is 13.0. The predicted molar refractivity (Wildman–Crippen MR) is 180 cm³/mol. The standard InChI is InChI=1S/C31H29ClN6OS.2ClH/c32-27-17-25(36-31-30-28(34-22-35-31)13-15-37(30)16-14-33)11-12-29(27)39-26-19-38(18-23-7-3-1-4-8-23)40(21-26)20-24-9-5-2-6-10-24;;/h1-13,15,17,19,21-22H,14,16,18,20,33H2,(H,34,35,36);2*1H. The van der Waals surface area contributed by atoms with Gasteiger partial charge in [-0.25, -0.2) is 9.97 Å². The molecular weight excluding hydrogens is 611 g/mol. The summed E-state index contributed by atoms with van der Waals surface area (Å²) in [5, 5.41) is 6.08. The average Bonchev–Trinajstić information content (AvgIpc) is 3.55. The molecule has 6 rings (SSSR count). The van der Waals surface area contributed by atoms with Gasteiger partial charge in [-0.1, -0.05) is 82.9 Å². The van der Waals surface area contributed by atoms with Crippen LogP contribution in [0.2, 0.25) is 5.02 Å². The fraction of sp³-hybridized carbons (Fsp3) is 0.129. The number of aromatic nitrogens is 3. The van der Waals surface area contributed by atoms with Crippen molar-refractivity contribution in [2.24, 2.45) is 5.73 Å². The van der Waals surface area contributed by atoms with Gasteiger partial charge in [0.05, 0.1) is 23.3 Å². The third kappa shape index (κ3) is 7.27. The second-order valence-electron chi connectivity index (χ2n) is 9.37. The summed E-state index contributed by atoms with van der Waals surface area (Å²) in [5.41, 5.74) is 10.9. The summed E-state index contributed by atoms with van der Waals surface area (Å²) in [6.45, 7) is 2.01. The molecule has 0 amide bonds. The SMILES string of the molecule is Cl.Cl.NCCn1ccc2ncnc(Nc3ccc(OC4=CN(Cc5ccccc5)S(Cc5ccccc5)=C4)c(Cl)c3)c21. The molecule has 0 radical (unpaired) electrons. The molecule has 7 nitrogen and oxygen atoms in total. The van der Waals surface area contributed by atoms with Crippen molar-refractivity contribution in [2.75, 3.05) is 11.9 Å². The van der Waals surface area contributed by atoms with Gasteiger partial charge >= 0.3 is 0 Å². The summed E-state index contributed by atoms with van der Waals surface area (Å²) in [6, 6.07) is 28.7. The maximum absolute atomic E-state index is 6.71. The van der Waals surface area contributed by atoms with E-state index in [2.05, 4.69) is 79.7 Å². The van der Waals surface area contributed by atoms with Crippen molar-refractivity contribution in [1.29, 1.82) is 0 Å². The second kappa shape index (κ2) is 14.6. The Labute approximate surface area is 265 Å². The monoisotopic (exact) mass is 640 g/mol. The predicted octanol–water partition coefficient (Wildman–Crippen LogP) is 7.55. The number of hydrogen-bond acceptors (Lipinski definition) is 6. The molecule has 0 saturated carbocycles. The van der Waals surface area contributed by atoms with Crippen LogP contribution in [0.25, 0.3) is 11.0 Å². The highest BCUT2D eigenvalue weighted by Gasteiger charge is 2.18. The summed E-state index contributed by atoms with van der Waals surface area (Å²) < 4.78 is 10.7. The van der Waals surface area contributed by atoms with E-state index in [-0.39, 0.29) is 35.5 Å². The van der Waals surface area contributed by atoms with Gasteiger partial charge in [-0.2, -0.15) is 0 Å². The Hall–Kier alpha value is -3.53. The van der Waals surface area contributed by atoms with Crippen molar-refractivity contribution in [3.8, 4) is 5.75 Å². The van der Waals surface area contributed by atoms with Crippen molar-refractivity contribution >= 4 is 75.0 Å². The van der Waals surface area contributed by atoms with Crippen LogP contribution in [0.15, 0.2) is 109 Å². The Morgan fingerprint density at radius 1 is 0.905 bits per heavy atom. The third-order valence-corrected chi connectivity index (χ3v) is 8.77. The number of rotatable bonds is 10. The number of halogens is 3. The second-order valence-corrected chi connectivity index (χ2v) is 11.6. The number of hydrogen-bond donors (Lipinski definition) is 2. The minimum absolute atomic E-state index is 0. The molecule has 2 aromatic heterocycles. The van der Waals surface area contributed by atoms with Crippen molar-refractivity contribution in [2.45, 2.75) is 18.8 Å². The first-order valence-corrected chi connectivity index (χ1v) is 14.8. The van der Waals surface area contributed by atoms with E-state index < -0.39 is 0 Å². The number of fused-ring (bicyclic) bond motifs is 1. The van der Waals surface area contributed by atoms with Gasteiger partial charge in [0, 0.05) is 36.1 Å². The lowest BCUT2D eigenvalue weighted by Gasteiger charge is -2.21. The Kier molecular flexibility index (Phi) is 10.9. The lowest BCUT2D eigenvalue weighted by molar-refractivity contribution is 0.445. The molecule has 1 atom stereocenters. The summed E-state index contributed by atoms with van der Waals surface area (Å²) in [5.74, 6) is 2.99. The molecule has 1 unspecified atom stereocenters. The van der Waals surface area contributed by atoms with E-state index in [1.165, 1.54) is 11.1 Å². The minimum Gasteiger partial charge on any atom is -0.454 e. The van der Waals surface area contributed by atoms with Crippen LogP contribution in [-0.4, -0.2) is 30.8 Å². The zero-order valence-electron chi connectivity index (χ0n) is 22.6. The summed E-state index contributed by atoms with van der Waals surface area (Å²) in [6.07, 6.45) is 5.61. The summed E-state index contributed by atoms with van der Waals surface area (Å²) in [4.78, 5) is 8.83. The van der Waals surface area contributed by atoms with E-state index in [1.54, 1.807) is 6.33 Å². The van der Waals surface area contributed by atoms with Crippen molar-refractivity contribution < 1.29 is 4.74 Å². The first kappa shape index (κ1) is 31.4. The molecule has 0 aliphatic carbocycles. The lowest BCUT2D eigenvalue weighted by atomic mass is 10.2. The van der Waals surface area contributed by atoms with Gasteiger partial charge in [-0.05, 0) is 35.4 Å². The van der Waals surface area contributed by atoms with Crippen LogP contribution in [0.3, 0.4) is 0 Å². The van der Waals surface area contributed by atoms with E-state index in [0.29, 0.717) is 29.7 Å². The number of ether oxygens (including phenoxy) is 1. The molecule has 0 bridgehead atoms. The van der Waals surface area contributed by atoms with E-state index >= 15 is 0 Å². The highest BCUT2D eigenvalue weighted by Crippen LogP contribution is 2.36. The molecule has 0 spiro atoms. The Morgan fingerprint density at radius 3 is 2.36 bits per heavy atom. The van der Waals surface area contributed by atoms with Gasteiger partial charge in [0.15, 0.2) is 11.6 Å². The van der Waals surface area contributed by atoms with E-state index in [4.69, 9.17) is 22.1 Å². The van der Waals surface area contributed by atoms with Crippen molar-refractivity contribution in [3.63, 3.8) is 0 Å². The molecule has 218 valence electrons. The highest BCUT2D eigenvalue weighted by atomic mass is 35.5. The topological polar surface area (TPSA) is 81.2 Å². The molecule has 1 aliphatic heterocycles. The van der Waals surface area contributed by atoms with Gasteiger partial charge in [0.1, 0.15) is 17.6 Å². The number of anilines is 2. The van der Waals surface area contributed by atoms with Gasteiger partial charge < -0.3 is 24.7 Å². The summed E-state index contributed by atoms with van der Waals surface area (Å²) in [7, 11) is -0.162. The molecule has 0 fully saturated rings. The third-order valence-electron chi connectivity index (χ3n) is 6.51. The molecular formula is C31H31Cl3N6OS. The molecule has 3 aromatic carbocycles. The Bertz CT molecular complexity index is 1700. The lowest BCUT2D eigenvalue weighted by Crippen LogP contribution is -2.10. The normalized spacial score (nSPS) is 14.0. The number of allylic oxidation sites excluding steroid dienone is 1. The molecule has 1 aliphatic rings. The quantitative estimate of drug-likeness (QED) is 0.153. The fourth-order valence-electron chi connectivity index (χ4n) is 4.63. The van der Waals surface area contributed by atoms with Crippen LogP contribution in [0.1, 0.15) is 11.1 Å². The van der Waals surface area contributed by atoms with Crippen molar-refractivity contribution in [3.05, 3.63) is 126 Å². The number of benzene rings is 3. The maximum atomic E-state index is 6.71. The largest absolute Gasteiger partial charge is 0.454 e. The minimum atomic E-state index is -0.162. The van der Waals surface area contributed by atoms with Gasteiger partial charge in [-0.3, -0.25) is 0 Å². The van der Waals surface area contributed by atoms with Gasteiger partial charge in [0.2, 0.25) is 0 Å². The van der Waals surface area contributed by atoms with Crippen LogP contribution in [0.5, 0.6) is 5.75 Å². The van der Waals surface area contributed by atoms with Crippen LogP contribution < -0.4 is 15.8 Å². The maximum Gasteiger partial charge on any atom is 0.158 e. The van der Waals surface area contributed by atoms with Crippen molar-refractivity contribution in [1.82, 2.24) is 18.8 Å². The Morgan fingerprint density at radius 2 is 1.64 bits per heavy atom. The Balaban J connectivity index is 0.00000202. The number of nitrogens with two attached hydrogens (primary N) is 1. The van der Waals surface area contributed by atoms with Crippen LogP contribution in [0.4, 0.5) is 11.5 Å². The smallest absolute Gasteiger partial charge is 0.158 e. The molecule has 5 aromatic rings. The summed E-state index contributed by atoms with van der Waals surface area (Å²) >= 11 is 6.71. The first-order chi connectivity index (χ1) is 19.7. The fourth-order valence-corrected chi connectivity index (χ4v) is 6.70. The number of nitrogens with zero attached hydrogens (tertiary/aromatic N) is 4. The zero-order valence-corrected chi connectivity index (χ0v) is 25.8. The molecule has 0 saturated heterocycles. The van der Waals surface area contributed by atoms with Gasteiger partial charge in [0.25, 0.3) is 0 Å². The number of nitrogens with one attached hydrogen (secondary N) is 1. The van der Waals surface area contributed by atoms with E-state index in [9.17, 15) is 0 Å². The van der Waals surface area contributed by atoms with Crippen LogP contribution in [0, 0.1) is 0 Å². The van der Waals surface area contributed by atoms with E-state index in [0.717, 1.165) is 34.8 Å². The molecule has 3 N–H and O–H groups in total. The highest BCUT2D eigenvalue weighted by molar-refractivity contribution is 8.12. The molecule has 42 heavy (non-hydrogen) atoms. The molecule has 3 heterocycles. The average molecular weight is 642 g/mol.